The van der Waals surface area contributed by atoms with Gasteiger partial charge in [-0.15, -0.1) is 0 Å². The summed E-state index contributed by atoms with van der Waals surface area (Å²) in [4.78, 5) is 46.1. The molecule has 0 radical (unpaired) electrons. The number of aromatic nitrogens is 4. The van der Waals surface area contributed by atoms with Crippen molar-refractivity contribution in [2.75, 3.05) is 24.5 Å². The maximum atomic E-state index is 12.8. The lowest BCUT2D eigenvalue weighted by atomic mass is 10.3. The molecule has 124 valence electrons. The molecule has 1 fully saturated rings. The Bertz CT molecular complexity index is 822. The van der Waals surface area contributed by atoms with Gasteiger partial charge in [-0.05, 0) is 6.07 Å². The third-order valence-electron chi connectivity index (χ3n) is 3.49. The van der Waals surface area contributed by atoms with Crippen molar-refractivity contribution < 1.29 is 14.0 Å². The first-order valence-corrected chi connectivity index (χ1v) is 7.12. The lowest BCUT2D eigenvalue weighted by molar-refractivity contribution is -0.137. The average Bonchev–Trinajstić information content (AvgIpc) is 2.58. The third kappa shape index (κ3) is 3.26. The number of halogens is 1. The van der Waals surface area contributed by atoms with Crippen LogP contribution in [0.1, 0.15) is 0 Å². The number of carbonyl (C=O) groups excluding carboxylic acids is 2. The molecule has 2 aromatic rings. The van der Waals surface area contributed by atoms with Gasteiger partial charge in [-0.1, -0.05) is 0 Å². The maximum Gasteiger partial charge on any atom is 0.267 e. The summed E-state index contributed by atoms with van der Waals surface area (Å²) in [6.45, 7) is 0.0430. The van der Waals surface area contributed by atoms with Gasteiger partial charge < -0.3 is 4.90 Å². The predicted octanol–water partition coefficient (Wildman–Crippen LogP) is -0.952. The van der Waals surface area contributed by atoms with Crippen molar-refractivity contribution in [1.29, 1.82) is 0 Å². The van der Waals surface area contributed by atoms with Gasteiger partial charge in [-0.3, -0.25) is 19.3 Å². The molecule has 1 aliphatic heterocycles. The second-order valence-electron chi connectivity index (χ2n) is 5.08. The second-order valence-corrected chi connectivity index (χ2v) is 5.08. The molecule has 3 heterocycles. The molecule has 24 heavy (non-hydrogen) atoms. The molecule has 0 N–H and O–H groups in total. The van der Waals surface area contributed by atoms with E-state index in [1.54, 1.807) is 0 Å². The number of nitrogens with zero attached hydrogens (tertiary/aromatic N) is 6. The van der Waals surface area contributed by atoms with Gasteiger partial charge in [0, 0.05) is 25.4 Å². The van der Waals surface area contributed by atoms with Crippen LogP contribution in [0.15, 0.2) is 35.5 Å². The molecule has 0 atom stereocenters. The molecule has 10 heteroatoms. The van der Waals surface area contributed by atoms with Gasteiger partial charge in [0.15, 0.2) is 5.82 Å². The van der Waals surface area contributed by atoms with Crippen molar-refractivity contribution in [3.8, 4) is 0 Å². The monoisotopic (exact) mass is 332 g/mol. The van der Waals surface area contributed by atoms with Crippen molar-refractivity contribution in [3.05, 3.63) is 46.9 Å². The zero-order chi connectivity index (χ0) is 17.1. The van der Waals surface area contributed by atoms with Crippen LogP contribution in [0.4, 0.5) is 10.3 Å². The summed E-state index contributed by atoms with van der Waals surface area (Å²) >= 11 is 0. The predicted molar refractivity (Wildman–Crippen MR) is 79.4 cm³/mol. The van der Waals surface area contributed by atoms with Crippen LogP contribution in [0.2, 0.25) is 0 Å². The van der Waals surface area contributed by atoms with Crippen molar-refractivity contribution in [2.45, 2.75) is 6.54 Å². The number of piperazine rings is 1. The van der Waals surface area contributed by atoms with Crippen LogP contribution in [0.3, 0.4) is 0 Å². The summed E-state index contributed by atoms with van der Waals surface area (Å²) < 4.78 is 13.9. The van der Waals surface area contributed by atoms with E-state index in [2.05, 4.69) is 15.1 Å². The first-order chi connectivity index (χ1) is 11.5. The molecule has 1 saturated heterocycles. The molecule has 2 amide bonds. The van der Waals surface area contributed by atoms with E-state index < -0.39 is 11.4 Å². The van der Waals surface area contributed by atoms with Gasteiger partial charge >= 0.3 is 0 Å². The van der Waals surface area contributed by atoms with E-state index in [9.17, 15) is 18.8 Å². The summed E-state index contributed by atoms with van der Waals surface area (Å²) in [5.41, 5.74) is -0.393. The zero-order valence-corrected chi connectivity index (χ0v) is 12.5. The smallest absolute Gasteiger partial charge is 0.267 e. The Hall–Kier alpha value is -3.17. The Morgan fingerprint density at radius 1 is 1.21 bits per heavy atom. The molecular weight excluding hydrogens is 319 g/mol. The van der Waals surface area contributed by atoms with E-state index in [1.165, 1.54) is 28.1 Å². The van der Waals surface area contributed by atoms with Gasteiger partial charge in [0.2, 0.25) is 17.8 Å². The summed E-state index contributed by atoms with van der Waals surface area (Å²) in [5.74, 6) is -1.27. The molecule has 0 spiro atoms. The van der Waals surface area contributed by atoms with Gasteiger partial charge in [-0.25, -0.2) is 19.0 Å². The molecule has 1 aliphatic rings. The van der Waals surface area contributed by atoms with Gasteiger partial charge in [0.05, 0.1) is 12.4 Å². The van der Waals surface area contributed by atoms with Gasteiger partial charge in [-0.2, -0.15) is 5.10 Å². The van der Waals surface area contributed by atoms with E-state index in [0.29, 0.717) is 0 Å². The minimum atomic E-state index is -0.596. The highest BCUT2D eigenvalue weighted by molar-refractivity contribution is 5.96. The minimum Gasteiger partial charge on any atom is -0.330 e. The van der Waals surface area contributed by atoms with Crippen LogP contribution in [-0.4, -0.2) is 56.1 Å². The van der Waals surface area contributed by atoms with Crippen LogP contribution in [0.25, 0.3) is 0 Å². The number of anilines is 1. The highest BCUT2D eigenvalue weighted by Crippen LogP contribution is 2.12. The quantitative estimate of drug-likeness (QED) is 0.718. The number of carbonyl (C=O) groups is 2. The summed E-state index contributed by atoms with van der Waals surface area (Å²) in [7, 11) is 0. The first-order valence-electron chi connectivity index (χ1n) is 7.12. The largest absolute Gasteiger partial charge is 0.330 e. The first kappa shape index (κ1) is 15.7. The topological polar surface area (TPSA) is 101 Å². The summed E-state index contributed by atoms with van der Waals surface area (Å²) in [5, 5.41) is 3.81. The molecule has 0 saturated carbocycles. The highest BCUT2D eigenvalue weighted by atomic mass is 19.1. The third-order valence-corrected chi connectivity index (χ3v) is 3.49. The number of amides is 2. The fraction of sp³-hybridized carbons (Fsp3) is 0.286. The van der Waals surface area contributed by atoms with Crippen LogP contribution >= 0.6 is 0 Å². The zero-order valence-electron chi connectivity index (χ0n) is 12.5. The van der Waals surface area contributed by atoms with Gasteiger partial charge in [0.1, 0.15) is 13.1 Å². The Morgan fingerprint density at radius 2 is 1.96 bits per heavy atom. The minimum absolute atomic E-state index is 0.0921. The van der Waals surface area contributed by atoms with E-state index >= 15 is 0 Å². The summed E-state index contributed by atoms with van der Waals surface area (Å²) in [6, 6.07) is 2.78. The number of hydrogen-bond donors (Lipinski definition) is 0. The van der Waals surface area contributed by atoms with Crippen LogP contribution in [-0.2, 0) is 16.1 Å². The molecule has 2 aromatic heterocycles. The Balaban J connectivity index is 1.66. The van der Waals surface area contributed by atoms with Crippen LogP contribution in [0, 0.1) is 5.82 Å². The average molecular weight is 332 g/mol. The lowest BCUT2D eigenvalue weighted by Crippen LogP contribution is -2.53. The van der Waals surface area contributed by atoms with E-state index in [4.69, 9.17) is 0 Å². The van der Waals surface area contributed by atoms with Crippen molar-refractivity contribution in [3.63, 3.8) is 0 Å². The van der Waals surface area contributed by atoms with Crippen molar-refractivity contribution in [1.82, 2.24) is 24.6 Å². The Kier molecular flexibility index (Phi) is 4.27. The molecule has 3 rings (SSSR count). The standard InChI is InChI=1S/C14H13FN6O3/c15-10-6-16-14(17-7-10)20-5-4-19(8-13(20)24)12(23)9-21-11(22)2-1-3-18-21/h1-3,6-7H,4-5,8-9H2. The Labute approximate surface area is 135 Å². The Morgan fingerprint density at radius 3 is 2.62 bits per heavy atom. The second kappa shape index (κ2) is 6.52. The molecule has 0 aromatic carbocycles. The number of rotatable bonds is 3. The molecular formula is C14H13FN6O3. The van der Waals surface area contributed by atoms with Crippen LogP contribution < -0.4 is 10.5 Å². The lowest BCUT2D eigenvalue weighted by Gasteiger charge is -2.32. The molecule has 0 bridgehead atoms. The normalized spacial score (nSPS) is 14.8. The van der Waals surface area contributed by atoms with E-state index in [0.717, 1.165) is 17.1 Å². The van der Waals surface area contributed by atoms with Crippen LogP contribution in [0.5, 0.6) is 0 Å². The highest BCUT2D eigenvalue weighted by Gasteiger charge is 2.29. The summed E-state index contributed by atoms with van der Waals surface area (Å²) in [6.07, 6.45) is 3.35. The maximum absolute atomic E-state index is 12.8. The van der Waals surface area contributed by atoms with E-state index in [1.807, 2.05) is 0 Å². The fourth-order valence-electron chi connectivity index (χ4n) is 2.28. The molecule has 9 nitrogen and oxygen atoms in total. The SMILES string of the molecule is O=C(Cn1ncccc1=O)N1CCN(c2ncc(F)cn2)C(=O)C1. The fourth-order valence-corrected chi connectivity index (χ4v) is 2.28. The number of hydrogen-bond acceptors (Lipinski definition) is 6. The van der Waals surface area contributed by atoms with Crippen molar-refractivity contribution in [2.24, 2.45) is 0 Å². The molecule has 0 aliphatic carbocycles. The van der Waals surface area contributed by atoms with E-state index in [-0.39, 0.29) is 43.9 Å². The van der Waals surface area contributed by atoms with Gasteiger partial charge in [0.25, 0.3) is 5.56 Å². The van der Waals surface area contributed by atoms with Crippen molar-refractivity contribution >= 4 is 17.8 Å². The molecule has 0 unspecified atom stereocenters.